The summed E-state index contributed by atoms with van der Waals surface area (Å²) in [5, 5.41) is 11.6. The minimum Gasteiger partial charge on any atom is -0.301 e. The van der Waals surface area contributed by atoms with Gasteiger partial charge in [-0.2, -0.15) is 0 Å². The molecule has 1 heterocycles. The number of nitrogens with one attached hydrogen (secondary N) is 2. The number of rotatable bonds is 4. The fourth-order valence-corrected chi connectivity index (χ4v) is 3.02. The normalized spacial score (nSPS) is 21.1. The van der Waals surface area contributed by atoms with E-state index in [-0.39, 0.29) is 5.70 Å². The Balaban J connectivity index is 2.10. The standard InChI is InChI=1S/C10H11N3O4S/c14-13(15)10-7-18(16,17)6-9(10)12-11-8-4-2-1-3-5-8/h1-6,10-12H,7H2/t10-/m0/s1. The first-order valence-electron chi connectivity index (χ1n) is 5.13. The molecule has 7 nitrogen and oxygen atoms in total. The first-order valence-corrected chi connectivity index (χ1v) is 6.84. The van der Waals surface area contributed by atoms with Crippen LogP contribution in [0.15, 0.2) is 41.4 Å². The summed E-state index contributed by atoms with van der Waals surface area (Å²) < 4.78 is 22.6. The van der Waals surface area contributed by atoms with Gasteiger partial charge in [-0.1, -0.05) is 18.2 Å². The van der Waals surface area contributed by atoms with Crippen LogP contribution in [0.5, 0.6) is 0 Å². The molecule has 2 N–H and O–H groups in total. The van der Waals surface area contributed by atoms with Gasteiger partial charge in [0.1, 0.15) is 11.4 Å². The largest absolute Gasteiger partial charge is 0.301 e. The van der Waals surface area contributed by atoms with Crippen LogP contribution in [-0.2, 0) is 9.84 Å². The maximum absolute atomic E-state index is 11.3. The van der Waals surface area contributed by atoms with Crippen molar-refractivity contribution >= 4 is 15.5 Å². The van der Waals surface area contributed by atoms with Gasteiger partial charge in [0.2, 0.25) is 0 Å². The van der Waals surface area contributed by atoms with Crippen LogP contribution in [0.1, 0.15) is 0 Å². The summed E-state index contributed by atoms with van der Waals surface area (Å²) in [6.45, 7) is 0. The number of hydrogen-bond donors (Lipinski definition) is 2. The predicted octanol–water partition coefficient (Wildman–Crippen LogP) is 0.518. The highest BCUT2D eigenvalue weighted by molar-refractivity contribution is 7.94. The highest BCUT2D eigenvalue weighted by Gasteiger charge is 2.38. The fourth-order valence-electron chi connectivity index (χ4n) is 1.58. The Kier molecular flexibility index (Phi) is 3.19. The first-order chi connectivity index (χ1) is 8.48. The molecule has 0 fully saturated rings. The summed E-state index contributed by atoms with van der Waals surface area (Å²) in [5.41, 5.74) is 6.03. The lowest BCUT2D eigenvalue weighted by atomic mass is 10.3. The van der Waals surface area contributed by atoms with Gasteiger partial charge in [0.15, 0.2) is 9.84 Å². The number of nitro groups is 1. The van der Waals surface area contributed by atoms with Crippen molar-refractivity contribution in [3.63, 3.8) is 0 Å². The van der Waals surface area contributed by atoms with E-state index in [2.05, 4.69) is 10.9 Å². The molecular weight excluding hydrogens is 258 g/mol. The van der Waals surface area contributed by atoms with Crippen molar-refractivity contribution in [3.05, 3.63) is 51.6 Å². The summed E-state index contributed by atoms with van der Waals surface area (Å²) >= 11 is 0. The lowest BCUT2D eigenvalue weighted by Crippen LogP contribution is -2.33. The van der Waals surface area contributed by atoms with Crippen LogP contribution in [0.4, 0.5) is 5.69 Å². The molecule has 1 aliphatic rings. The SMILES string of the molecule is O=[N+]([O-])[C@H]1CS(=O)(=O)C=C1NNc1ccccc1. The summed E-state index contributed by atoms with van der Waals surface area (Å²) in [4.78, 5) is 10.1. The van der Waals surface area contributed by atoms with E-state index in [1.807, 2.05) is 6.07 Å². The van der Waals surface area contributed by atoms with Gasteiger partial charge in [0.25, 0.3) is 6.04 Å². The Labute approximate surface area is 104 Å². The number of anilines is 1. The summed E-state index contributed by atoms with van der Waals surface area (Å²) in [6.07, 6.45) is 0. The van der Waals surface area contributed by atoms with Crippen LogP contribution in [0.3, 0.4) is 0 Å². The molecule has 0 saturated carbocycles. The predicted molar refractivity (Wildman–Crippen MR) is 65.9 cm³/mol. The van der Waals surface area contributed by atoms with Gasteiger partial charge in [-0.25, -0.2) is 8.42 Å². The second-order valence-corrected chi connectivity index (χ2v) is 5.71. The number of nitrogens with zero attached hydrogens (tertiary/aromatic N) is 1. The van der Waals surface area contributed by atoms with Gasteiger partial charge < -0.3 is 5.43 Å². The maximum atomic E-state index is 11.3. The van der Waals surface area contributed by atoms with E-state index in [4.69, 9.17) is 0 Å². The Morgan fingerprint density at radius 1 is 1.22 bits per heavy atom. The molecule has 0 amide bonds. The second kappa shape index (κ2) is 4.65. The minimum absolute atomic E-state index is 0.0452. The number of para-hydroxylation sites is 1. The molecule has 1 atom stereocenters. The Morgan fingerprint density at radius 3 is 2.50 bits per heavy atom. The molecule has 8 heteroatoms. The number of hydrazine groups is 1. The first kappa shape index (κ1) is 12.4. The van der Waals surface area contributed by atoms with Gasteiger partial charge in [0, 0.05) is 4.92 Å². The van der Waals surface area contributed by atoms with Crippen molar-refractivity contribution in [1.82, 2.24) is 5.43 Å². The topological polar surface area (TPSA) is 101 Å². The molecule has 2 rings (SSSR count). The van der Waals surface area contributed by atoms with Crippen LogP contribution < -0.4 is 10.9 Å². The van der Waals surface area contributed by atoms with E-state index in [1.165, 1.54) is 0 Å². The molecule has 1 aromatic carbocycles. The van der Waals surface area contributed by atoms with Crippen molar-refractivity contribution < 1.29 is 13.3 Å². The van der Waals surface area contributed by atoms with E-state index in [1.54, 1.807) is 24.3 Å². The van der Waals surface area contributed by atoms with Crippen molar-refractivity contribution in [1.29, 1.82) is 0 Å². The Bertz CT molecular complexity index is 582. The van der Waals surface area contributed by atoms with Gasteiger partial charge in [-0.3, -0.25) is 15.5 Å². The minimum atomic E-state index is -3.50. The highest BCUT2D eigenvalue weighted by atomic mass is 32.2. The number of sulfone groups is 1. The second-order valence-electron chi connectivity index (χ2n) is 3.82. The Morgan fingerprint density at radius 2 is 1.89 bits per heavy atom. The average molecular weight is 269 g/mol. The molecule has 96 valence electrons. The van der Waals surface area contributed by atoms with Crippen LogP contribution in [0, 0.1) is 10.1 Å². The summed E-state index contributed by atoms with van der Waals surface area (Å²) in [5.74, 6) is -0.501. The van der Waals surface area contributed by atoms with Gasteiger partial charge in [-0.05, 0) is 12.1 Å². The monoisotopic (exact) mass is 269 g/mol. The zero-order chi connectivity index (χ0) is 13.2. The van der Waals surface area contributed by atoms with E-state index in [0.29, 0.717) is 5.69 Å². The summed E-state index contributed by atoms with van der Waals surface area (Å²) in [6, 6.07) is 7.65. The zero-order valence-corrected chi connectivity index (χ0v) is 10.1. The van der Waals surface area contributed by atoms with Crippen molar-refractivity contribution in [2.24, 2.45) is 0 Å². The molecule has 0 spiro atoms. The Hall–Kier alpha value is -2.09. The quantitative estimate of drug-likeness (QED) is 0.610. The third kappa shape index (κ3) is 2.77. The zero-order valence-electron chi connectivity index (χ0n) is 9.24. The van der Waals surface area contributed by atoms with E-state index in [0.717, 1.165) is 5.41 Å². The van der Waals surface area contributed by atoms with Crippen LogP contribution in [-0.4, -0.2) is 25.1 Å². The number of benzene rings is 1. The molecule has 0 bridgehead atoms. The fraction of sp³-hybridized carbons (Fsp3) is 0.200. The molecular formula is C10H11N3O4S. The average Bonchev–Trinajstić information content (AvgIpc) is 2.64. The van der Waals surface area contributed by atoms with E-state index < -0.39 is 26.6 Å². The van der Waals surface area contributed by atoms with Crippen molar-refractivity contribution in [3.8, 4) is 0 Å². The third-order valence-electron chi connectivity index (χ3n) is 2.44. The van der Waals surface area contributed by atoms with Crippen LogP contribution in [0.25, 0.3) is 0 Å². The van der Waals surface area contributed by atoms with Gasteiger partial charge >= 0.3 is 0 Å². The highest BCUT2D eigenvalue weighted by Crippen LogP contribution is 2.18. The molecule has 1 aliphatic heterocycles. The van der Waals surface area contributed by atoms with Crippen molar-refractivity contribution in [2.75, 3.05) is 11.2 Å². The lowest BCUT2D eigenvalue weighted by molar-refractivity contribution is -0.506. The van der Waals surface area contributed by atoms with Crippen molar-refractivity contribution in [2.45, 2.75) is 6.04 Å². The third-order valence-corrected chi connectivity index (χ3v) is 3.83. The number of hydrogen-bond acceptors (Lipinski definition) is 6. The molecule has 0 saturated heterocycles. The molecule has 0 radical (unpaired) electrons. The summed E-state index contributed by atoms with van der Waals surface area (Å²) in [7, 11) is -3.50. The maximum Gasteiger partial charge on any atom is 0.268 e. The van der Waals surface area contributed by atoms with Gasteiger partial charge in [0.05, 0.1) is 11.1 Å². The van der Waals surface area contributed by atoms with Crippen LogP contribution in [0.2, 0.25) is 0 Å². The lowest BCUT2D eigenvalue weighted by Gasteiger charge is -2.11. The molecule has 18 heavy (non-hydrogen) atoms. The molecule has 0 aromatic heterocycles. The molecule has 1 aromatic rings. The smallest absolute Gasteiger partial charge is 0.268 e. The van der Waals surface area contributed by atoms with E-state index >= 15 is 0 Å². The molecule has 0 aliphatic carbocycles. The van der Waals surface area contributed by atoms with E-state index in [9.17, 15) is 18.5 Å². The van der Waals surface area contributed by atoms with Crippen LogP contribution >= 0.6 is 0 Å². The molecule has 0 unspecified atom stereocenters. The van der Waals surface area contributed by atoms with Gasteiger partial charge in [-0.15, -0.1) is 0 Å².